The molecule has 0 aliphatic rings. The fraction of sp³-hybridized carbons (Fsp3) is 0.500. The number of nitrogens with zero attached hydrogens (tertiary/aromatic N) is 1. The van der Waals surface area contributed by atoms with Crippen molar-refractivity contribution in [3.8, 4) is 0 Å². The molecule has 0 amide bonds. The molecule has 0 saturated carbocycles. The third kappa shape index (κ3) is 3.89. The fourth-order valence-electron chi connectivity index (χ4n) is 1.22. The highest BCUT2D eigenvalue weighted by atomic mass is 32.1. The molecule has 0 bridgehead atoms. The molecule has 0 radical (unpaired) electrons. The number of hydrogen-bond acceptors (Lipinski definition) is 3. The molecule has 78 valence electrons. The van der Waals surface area contributed by atoms with Crippen molar-refractivity contribution < 1.29 is 4.42 Å². The summed E-state index contributed by atoms with van der Waals surface area (Å²) >= 11 is 4.81. The monoisotopic (exact) mass is 212 g/mol. The van der Waals surface area contributed by atoms with Gasteiger partial charge in [-0.2, -0.15) is 0 Å². The number of furan rings is 1. The predicted molar refractivity (Wildman–Crippen MR) is 61.2 cm³/mol. The molecule has 0 atom stereocenters. The van der Waals surface area contributed by atoms with Crippen molar-refractivity contribution in [1.29, 1.82) is 0 Å². The summed E-state index contributed by atoms with van der Waals surface area (Å²) in [6.07, 6.45) is 0.755. The van der Waals surface area contributed by atoms with Crippen LogP contribution < -0.4 is 5.73 Å². The van der Waals surface area contributed by atoms with Crippen LogP contribution in [0.3, 0.4) is 0 Å². The number of aryl methyl sites for hydroxylation is 1. The van der Waals surface area contributed by atoms with E-state index < -0.39 is 0 Å². The summed E-state index contributed by atoms with van der Waals surface area (Å²) in [7, 11) is 2.02. The van der Waals surface area contributed by atoms with E-state index in [1.807, 2.05) is 26.1 Å². The molecule has 3 nitrogen and oxygen atoms in total. The molecule has 0 fully saturated rings. The number of hydrogen-bond donors (Lipinski definition) is 1. The van der Waals surface area contributed by atoms with Gasteiger partial charge in [0.15, 0.2) is 0 Å². The molecule has 1 aromatic heterocycles. The summed E-state index contributed by atoms with van der Waals surface area (Å²) < 4.78 is 5.46. The van der Waals surface area contributed by atoms with Crippen molar-refractivity contribution >= 4 is 17.2 Å². The van der Waals surface area contributed by atoms with Crippen LogP contribution in [0.5, 0.6) is 0 Å². The normalized spacial score (nSPS) is 10.8. The van der Waals surface area contributed by atoms with Crippen LogP contribution >= 0.6 is 12.2 Å². The Morgan fingerprint density at radius 2 is 2.29 bits per heavy atom. The summed E-state index contributed by atoms with van der Waals surface area (Å²) in [4.78, 5) is 2.70. The minimum Gasteiger partial charge on any atom is -0.465 e. The van der Waals surface area contributed by atoms with Gasteiger partial charge in [-0.1, -0.05) is 12.2 Å². The molecule has 1 aromatic rings. The second-order valence-corrected chi connectivity index (χ2v) is 3.99. The van der Waals surface area contributed by atoms with E-state index in [9.17, 15) is 0 Å². The lowest BCUT2D eigenvalue weighted by atomic mass is 10.3. The molecule has 1 rings (SSSR count). The highest BCUT2D eigenvalue weighted by Gasteiger charge is 2.03. The molecule has 0 unspecified atom stereocenters. The Morgan fingerprint density at radius 3 is 2.79 bits per heavy atom. The topological polar surface area (TPSA) is 42.4 Å². The molecule has 0 aliphatic heterocycles. The van der Waals surface area contributed by atoms with Crippen LogP contribution in [0, 0.1) is 6.92 Å². The highest BCUT2D eigenvalue weighted by molar-refractivity contribution is 7.80. The van der Waals surface area contributed by atoms with Crippen LogP contribution in [0.25, 0.3) is 0 Å². The van der Waals surface area contributed by atoms with Crippen LogP contribution in [-0.2, 0) is 6.54 Å². The summed E-state index contributed by atoms with van der Waals surface area (Å²) in [6.45, 7) is 3.62. The largest absolute Gasteiger partial charge is 0.465 e. The first-order valence-corrected chi connectivity index (χ1v) is 5.01. The van der Waals surface area contributed by atoms with E-state index >= 15 is 0 Å². The number of nitrogens with two attached hydrogens (primary N) is 1. The zero-order valence-corrected chi connectivity index (χ0v) is 9.43. The zero-order chi connectivity index (χ0) is 10.6. The van der Waals surface area contributed by atoms with Crippen LogP contribution in [0.1, 0.15) is 17.9 Å². The van der Waals surface area contributed by atoms with E-state index in [1.165, 1.54) is 0 Å². The van der Waals surface area contributed by atoms with Crippen molar-refractivity contribution in [1.82, 2.24) is 4.90 Å². The minimum atomic E-state index is 0.562. The maximum Gasteiger partial charge on any atom is 0.118 e. The van der Waals surface area contributed by atoms with Gasteiger partial charge in [0.05, 0.1) is 11.5 Å². The Bertz CT molecular complexity index is 309. The molecule has 0 spiro atoms. The smallest absolute Gasteiger partial charge is 0.118 e. The van der Waals surface area contributed by atoms with E-state index in [0.29, 0.717) is 4.99 Å². The first-order valence-electron chi connectivity index (χ1n) is 4.60. The van der Waals surface area contributed by atoms with Gasteiger partial charge in [0.25, 0.3) is 0 Å². The van der Waals surface area contributed by atoms with Gasteiger partial charge in [-0.15, -0.1) is 0 Å². The highest BCUT2D eigenvalue weighted by Crippen LogP contribution is 2.08. The summed E-state index contributed by atoms with van der Waals surface area (Å²) in [5.74, 6) is 1.93. The lowest BCUT2D eigenvalue weighted by molar-refractivity contribution is 0.300. The van der Waals surface area contributed by atoms with Gasteiger partial charge in [0, 0.05) is 13.0 Å². The van der Waals surface area contributed by atoms with E-state index in [-0.39, 0.29) is 0 Å². The van der Waals surface area contributed by atoms with E-state index in [0.717, 1.165) is 31.0 Å². The van der Waals surface area contributed by atoms with Crippen molar-refractivity contribution in [2.24, 2.45) is 5.73 Å². The minimum absolute atomic E-state index is 0.562. The maximum absolute atomic E-state index is 5.46. The molecule has 1 heterocycles. The van der Waals surface area contributed by atoms with Crippen LogP contribution in [0.15, 0.2) is 16.5 Å². The number of rotatable bonds is 5. The molecular formula is C10H16N2OS. The van der Waals surface area contributed by atoms with Gasteiger partial charge in [-0.05, 0) is 26.1 Å². The second-order valence-electron chi connectivity index (χ2n) is 3.47. The van der Waals surface area contributed by atoms with Crippen LogP contribution in [0.2, 0.25) is 0 Å². The summed E-state index contributed by atoms with van der Waals surface area (Å²) in [6, 6.07) is 3.96. The van der Waals surface area contributed by atoms with Crippen molar-refractivity contribution in [3.05, 3.63) is 23.7 Å². The third-order valence-electron chi connectivity index (χ3n) is 1.96. The van der Waals surface area contributed by atoms with Gasteiger partial charge in [0.1, 0.15) is 11.5 Å². The summed E-state index contributed by atoms with van der Waals surface area (Å²) in [5.41, 5.74) is 5.42. The lowest BCUT2D eigenvalue weighted by Crippen LogP contribution is -2.23. The Hall–Kier alpha value is -0.870. The van der Waals surface area contributed by atoms with Gasteiger partial charge in [0.2, 0.25) is 0 Å². The van der Waals surface area contributed by atoms with Crippen LogP contribution in [0.4, 0.5) is 0 Å². The number of thiocarbonyl (C=S) groups is 1. The Balaban J connectivity index is 2.33. The van der Waals surface area contributed by atoms with Gasteiger partial charge >= 0.3 is 0 Å². The van der Waals surface area contributed by atoms with Gasteiger partial charge < -0.3 is 10.2 Å². The average Bonchev–Trinajstić information content (AvgIpc) is 2.48. The van der Waals surface area contributed by atoms with E-state index in [1.54, 1.807) is 0 Å². The third-order valence-corrected chi connectivity index (χ3v) is 2.17. The first kappa shape index (κ1) is 11.2. The first-order chi connectivity index (χ1) is 6.58. The standard InChI is InChI=1S/C10H16N2OS/c1-8-3-4-9(13-8)7-12(2)6-5-10(11)14/h3-4H,5-7H2,1-2H3,(H2,11,14). The maximum atomic E-state index is 5.46. The lowest BCUT2D eigenvalue weighted by Gasteiger charge is -2.13. The second kappa shape index (κ2) is 5.12. The SMILES string of the molecule is Cc1ccc(CN(C)CCC(N)=S)o1. The van der Waals surface area contributed by atoms with Crippen molar-refractivity contribution in [2.75, 3.05) is 13.6 Å². The van der Waals surface area contributed by atoms with E-state index in [2.05, 4.69) is 4.90 Å². The Labute approximate surface area is 89.9 Å². The average molecular weight is 212 g/mol. The predicted octanol–water partition coefficient (Wildman–Crippen LogP) is 1.70. The van der Waals surface area contributed by atoms with Gasteiger partial charge in [-0.25, -0.2) is 0 Å². The summed E-state index contributed by atoms with van der Waals surface area (Å²) in [5, 5.41) is 0. The molecule has 14 heavy (non-hydrogen) atoms. The molecule has 0 aliphatic carbocycles. The Kier molecular flexibility index (Phi) is 4.10. The van der Waals surface area contributed by atoms with Crippen molar-refractivity contribution in [2.45, 2.75) is 19.9 Å². The molecule has 2 N–H and O–H groups in total. The van der Waals surface area contributed by atoms with Crippen LogP contribution in [-0.4, -0.2) is 23.5 Å². The molecule has 0 saturated heterocycles. The van der Waals surface area contributed by atoms with Gasteiger partial charge in [-0.3, -0.25) is 4.90 Å². The van der Waals surface area contributed by atoms with Crippen molar-refractivity contribution in [3.63, 3.8) is 0 Å². The molecular weight excluding hydrogens is 196 g/mol. The fourth-order valence-corrected chi connectivity index (χ4v) is 1.31. The van der Waals surface area contributed by atoms with E-state index in [4.69, 9.17) is 22.4 Å². The molecule has 0 aromatic carbocycles. The molecule has 4 heteroatoms. The zero-order valence-electron chi connectivity index (χ0n) is 8.62. The quantitative estimate of drug-likeness (QED) is 0.754. The Morgan fingerprint density at radius 1 is 1.57 bits per heavy atom.